The van der Waals surface area contributed by atoms with Gasteiger partial charge in [0.1, 0.15) is 4.90 Å². The van der Waals surface area contributed by atoms with Gasteiger partial charge in [0.15, 0.2) is 0 Å². The number of carbonyl (C=O) groups excluding carboxylic acids is 2. The van der Waals surface area contributed by atoms with Crippen LogP contribution in [0.25, 0.3) is 0 Å². The molecule has 0 bridgehead atoms. The fraction of sp³-hybridized carbons (Fsp3) is 0.364. The molecule has 1 aliphatic heterocycles. The Balaban J connectivity index is 1.89. The lowest BCUT2D eigenvalue weighted by Gasteiger charge is -2.21. The number of halogens is 1. The van der Waals surface area contributed by atoms with Gasteiger partial charge in [0.2, 0.25) is 10.0 Å². The number of carbonyl (C=O) groups is 2. The van der Waals surface area contributed by atoms with Gasteiger partial charge < -0.3 is 10.1 Å². The summed E-state index contributed by atoms with van der Waals surface area (Å²) in [5, 5.41) is 2.81. The molecule has 31 heavy (non-hydrogen) atoms. The molecule has 0 saturated carbocycles. The number of aryl methyl sites for hydroxylation is 1. The van der Waals surface area contributed by atoms with Gasteiger partial charge >= 0.3 is 5.97 Å². The Hall–Kier alpha value is -2.42. The number of hydrogen-bond acceptors (Lipinski definition) is 5. The molecule has 1 saturated heterocycles. The zero-order chi connectivity index (χ0) is 22.6. The zero-order valence-corrected chi connectivity index (χ0v) is 19.1. The highest BCUT2D eigenvalue weighted by Gasteiger charge is 2.28. The number of methoxy groups -OCH3 is 1. The van der Waals surface area contributed by atoms with Crippen LogP contribution in [0.3, 0.4) is 0 Å². The maximum atomic E-state index is 13.2. The topological polar surface area (TPSA) is 92.8 Å². The van der Waals surface area contributed by atoms with E-state index in [1.54, 1.807) is 19.1 Å². The van der Waals surface area contributed by atoms with E-state index in [4.69, 9.17) is 16.3 Å². The first-order chi connectivity index (χ1) is 14.7. The van der Waals surface area contributed by atoms with Crippen molar-refractivity contribution >= 4 is 39.2 Å². The summed E-state index contributed by atoms with van der Waals surface area (Å²) in [4.78, 5) is 24.6. The van der Waals surface area contributed by atoms with Crippen LogP contribution in [0.15, 0.2) is 41.3 Å². The summed E-state index contributed by atoms with van der Waals surface area (Å²) in [5.41, 5.74) is 1.62. The van der Waals surface area contributed by atoms with Crippen molar-refractivity contribution in [3.8, 4) is 0 Å². The molecule has 1 aliphatic rings. The van der Waals surface area contributed by atoms with Crippen molar-refractivity contribution < 1.29 is 22.7 Å². The molecular formula is C22H25ClN2O5S. The lowest BCUT2D eigenvalue weighted by Crippen LogP contribution is -2.32. The second-order valence-electron chi connectivity index (χ2n) is 7.44. The highest BCUT2D eigenvalue weighted by atomic mass is 35.5. The number of nitrogens with one attached hydrogen (secondary N) is 1. The van der Waals surface area contributed by atoms with Gasteiger partial charge in [-0.15, -0.1) is 0 Å². The summed E-state index contributed by atoms with van der Waals surface area (Å²) >= 11 is 6.21. The number of amides is 1. The molecule has 0 aromatic heterocycles. The Morgan fingerprint density at radius 2 is 1.65 bits per heavy atom. The highest BCUT2D eigenvalue weighted by Crippen LogP contribution is 2.28. The summed E-state index contributed by atoms with van der Waals surface area (Å²) in [6, 6.07) is 9.00. The third-order valence-electron chi connectivity index (χ3n) is 5.28. The van der Waals surface area contributed by atoms with Crippen LogP contribution in [0.5, 0.6) is 0 Å². The van der Waals surface area contributed by atoms with E-state index in [1.807, 2.05) is 0 Å². The number of benzene rings is 2. The van der Waals surface area contributed by atoms with Gasteiger partial charge in [-0.25, -0.2) is 13.2 Å². The van der Waals surface area contributed by atoms with E-state index in [2.05, 4.69) is 5.32 Å². The predicted molar refractivity (Wildman–Crippen MR) is 119 cm³/mol. The Kier molecular flexibility index (Phi) is 7.35. The molecule has 166 valence electrons. The molecule has 1 heterocycles. The van der Waals surface area contributed by atoms with E-state index < -0.39 is 21.9 Å². The summed E-state index contributed by atoms with van der Waals surface area (Å²) in [6.45, 7) is 2.66. The monoisotopic (exact) mass is 464 g/mol. The van der Waals surface area contributed by atoms with Gasteiger partial charge in [0, 0.05) is 24.3 Å². The number of nitrogens with zero attached hydrogens (tertiary/aromatic N) is 1. The molecule has 0 atom stereocenters. The predicted octanol–water partition coefficient (Wildman–Crippen LogP) is 4.25. The molecule has 7 nitrogen and oxygen atoms in total. The number of ether oxygens (including phenoxy) is 1. The minimum Gasteiger partial charge on any atom is -0.465 e. The molecule has 0 aliphatic carbocycles. The van der Waals surface area contributed by atoms with Gasteiger partial charge in [-0.05, 0) is 55.7 Å². The first-order valence-electron chi connectivity index (χ1n) is 10.0. The second-order valence-corrected chi connectivity index (χ2v) is 9.75. The average molecular weight is 465 g/mol. The number of hydrogen-bond donors (Lipinski definition) is 1. The first-order valence-corrected chi connectivity index (χ1v) is 11.9. The Labute approximate surface area is 187 Å². The van der Waals surface area contributed by atoms with Gasteiger partial charge in [0.25, 0.3) is 5.91 Å². The fourth-order valence-electron chi connectivity index (χ4n) is 3.46. The molecule has 1 amide bonds. The fourth-order valence-corrected chi connectivity index (χ4v) is 5.48. The number of anilines is 1. The minimum absolute atomic E-state index is 0.0738. The van der Waals surface area contributed by atoms with Crippen LogP contribution in [0.4, 0.5) is 5.69 Å². The molecular weight excluding hydrogens is 440 g/mol. The van der Waals surface area contributed by atoms with Crippen LogP contribution in [-0.2, 0) is 14.8 Å². The molecule has 2 aromatic carbocycles. The van der Waals surface area contributed by atoms with Crippen molar-refractivity contribution in [2.45, 2.75) is 37.5 Å². The number of sulfonamides is 1. The quantitative estimate of drug-likeness (QED) is 0.667. The Morgan fingerprint density at radius 3 is 2.29 bits per heavy atom. The maximum absolute atomic E-state index is 13.2. The molecule has 3 rings (SSSR count). The van der Waals surface area contributed by atoms with E-state index in [1.165, 1.54) is 35.7 Å². The van der Waals surface area contributed by atoms with Crippen molar-refractivity contribution in [2.24, 2.45) is 0 Å². The molecule has 0 radical (unpaired) electrons. The molecule has 0 spiro atoms. The first kappa shape index (κ1) is 23.2. The van der Waals surface area contributed by atoms with Crippen molar-refractivity contribution in [3.63, 3.8) is 0 Å². The van der Waals surface area contributed by atoms with Crippen molar-refractivity contribution in [1.29, 1.82) is 0 Å². The van der Waals surface area contributed by atoms with Crippen LogP contribution in [0.1, 0.15) is 52.0 Å². The average Bonchev–Trinajstić information content (AvgIpc) is 3.05. The lowest BCUT2D eigenvalue weighted by molar-refractivity contribution is 0.0600. The van der Waals surface area contributed by atoms with Crippen LogP contribution in [-0.4, -0.2) is 44.8 Å². The molecule has 2 aromatic rings. The van der Waals surface area contributed by atoms with Crippen molar-refractivity contribution in [2.75, 3.05) is 25.5 Å². The van der Waals surface area contributed by atoms with Gasteiger partial charge in [-0.2, -0.15) is 4.31 Å². The van der Waals surface area contributed by atoms with Gasteiger partial charge in [-0.3, -0.25) is 4.79 Å². The maximum Gasteiger partial charge on any atom is 0.337 e. The van der Waals surface area contributed by atoms with Crippen LogP contribution >= 0.6 is 11.6 Å². The SMILES string of the molecule is COC(=O)c1ccc(C)c(NC(=O)c2ccc(Cl)c(S(=O)(=O)N3CCCCCC3)c2)c1. The normalized spacial score (nSPS) is 15.2. The summed E-state index contributed by atoms with van der Waals surface area (Å²) in [6.07, 6.45) is 3.58. The van der Waals surface area contributed by atoms with E-state index in [0.717, 1.165) is 31.2 Å². The zero-order valence-electron chi connectivity index (χ0n) is 17.5. The highest BCUT2D eigenvalue weighted by molar-refractivity contribution is 7.89. The summed E-state index contributed by atoms with van der Waals surface area (Å²) in [5.74, 6) is -1.03. The van der Waals surface area contributed by atoms with E-state index in [0.29, 0.717) is 24.3 Å². The second kappa shape index (κ2) is 9.80. The Morgan fingerprint density at radius 1 is 1.00 bits per heavy atom. The van der Waals surface area contributed by atoms with E-state index >= 15 is 0 Å². The molecule has 9 heteroatoms. The van der Waals surface area contributed by atoms with Gasteiger partial charge in [-0.1, -0.05) is 30.5 Å². The third kappa shape index (κ3) is 5.26. The smallest absolute Gasteiger partial charge is 0.337 e. The lowest BCUT2D eigenvalue weighted by atomic mass is 10.1. The third-order valence-corrected chi connectivity index (χ3v) is 7.66. The van der Waals surface area contributed by atoms with Crippen LogP contribution < -0.4 is 5.32 Å². The van der Waals surface area contributed by atoms with Gasteiger partial charge in [0.05, 0.1) is 17.7 Å². The number of rotatable bonds is 5. The standard InChI is InChI=1S/C22H25ClN2O5S/c1-15-7-8-17(22(27)30-2)13-19(15)24-21(26)16-9-10-18(23)20(14-16)31(28,29)25-11-5-3-4-6-12-25/h7-10,13-14H,3-6,11-12H2,1-2H3,(H,24,26). The minimum atomic E-state index is -3.81. The largest absolute Gasteiger partial charge is 0.465 e. The molecule has 0 unspecified atom stereocenters. The van der Waals surface area contributed by atoms with Crippen LogP contribution in [0.2, 0.25) is 5.02 Å². The van der Waals surface area contributed by atoms with Crippen molar-refractivity contribution in [3.05, 3.63) is 58.1 Å². The Bertz CT molecular complexity index is 1090. The molecule has 1 N–H and O–H groups in total. The molecule has 1 fully saturated rings. The summed E-state index contributed by atoms with van der Waals surface area (Å²) < 4.78 is 32.5. The summed E-state index contributed by atoms with van der Waals surface area (Å²) in [7, 11) is -2.54. The number of esters is 1. The van der Waals surface area contributed by atoms with Crippen LogP contribution in [0, 0.1) is 6.92 Å². The van der Waals surface area contributed by atoms with E-state index in [9.17, 15) is 18.0 Å². The van der Waals surface area contributed by atoms with E-state index in [-0.39, 0.29) is 15.5 Å². The van der Waals surface area contributed by atoms with Crippen molar-refractivity contribution in [1.82, 2.24) is 4.31 Å².